The van der Waals surface area contributed by atoms with Gasteiger partial charge in [0.2, 0.25) is 10.3 Å². The van der Waals surface area contributed by atoms with E-state index in [0.717, 1.165) is 40.7 Å². The summed E-state index contributed by atoms with van der Waals surface area (Å²) in [6.07, 6.45) is 4.37. The molecule has 2 heterocycles. The second-order valence-corrected chi connectivity index (χ2v) is 9.41. The second-order valence-electron chi connectivity index (χ2n) is 7.72. The third-order valence-electron chi connectivity index (χ3n) is 5.30. The number of benzene rings is 2. The van der Waals surface area contributed by atoms with E-state index in [2.05, 4.69) is 27.7 Å². The molecule has 0 aliphatic carbocycles. The fraction of sp³-hybridized carbons (Fsp3) is 0.185. The van der Waals surface area contributed by atoms with Crippen LogP contribution in [0.3, 0.4) is 0 Å². The molecule has 7 nitrogen and oxygen atoms in total. The minimum Gasteiger partial charge on any atom is -0.491 e. The van der Waals surface area contributed by atoms with Gasteiger partial charge < -0.3 is 9.30 Å². The van der Waals surface area contributed by atoms with Crippen LogP contribution in [0.4, 0.5) is 5.13 Å². The lowest BCUT2D eigenvalue weighted by atomic mass is 10.1. The van der Waals surface area contributed by atoms with E-state index in [1.807, 2.05) is 77.5 Å². The number of ether oxygens (including phenoxy) is 1. The highest BCUT2D eigenvalue weighted by Gasteiger charge is 2.14. The van der Waals surface area contributed by atoms with Crippen LogP contribution in [0.5, 0.6) is 5.75 Å². The molecule has 1 amide bonds. The smallest absolute Gasteiger partial charge is 0.268 e. The van der Waals surface area contributed by atoms with Gasteiger partial charge in [0.05, 0.1) is 6.54 Å². The van der Waals surface area contributed by atoms with Crippen LogP contribution in [0.15, 0.2) is 83.7 Å². The van der Waals surface area contributed by atoms with Crippen LogP contribution in [0.1, 0.15) is 23.7 Å². The van der Waals surface area contributed by atoms with E-state index >= 15 is 0 Å². The monoisotopic (exact) mass is 515 g/mol. The van der Waals surface area contributed by atoms with Gasteiger partial charge in [0.25, 0.3) is 5.91 Å². The normalized spacial score (nSPS) is 11.2. The lowest BCUT2D eigenvalue weighted by Crippen LogP contribution is -2.14. The SMILES string of the molecule is CCc1ccccc1OCCn1cccc1C=C(C#N)C(=O)Nc1nc(SCc2ccccc2)ns1. The van der Waals surface area contributed by atoms with Crippen LogP contribution in [-0.4, -0.2) is 26.4 Å². The number of thioether (sulfide) groups is 1. The summed E-state index contributed by atoms with van der Waals surface area (Å²) in [5.74, 6) is 1.09. The van der Waals surface area contributed by atoms with E-state index in [-0.39, 0.29) is 5.57 Å². The number of carbonyl (C=O) groups is 1. The average molecular weight is 516 g/mol. The number of nitrogens with zero attached hydrogens (tertiary/aromatic N) is 4. The molecule has 0 atom stereocenters. The molecule has 0 aliphatic rings. The summed E-state index contributed by atoms with van der Waals surface area (Å²) in [6, 6.07) is 23.7. The van der Waals surface area contributed by atoms with Crippen LogP contribution >= 0.6 is 23.3 Å². The number of anilines is 1. The number of nitrogens with one attached hydrogen (secondary N) is 1. The van der Waals surface area contributed by atoms with Gasteiger partial charge in [-0.1, -0.05) is 67.2 Å². The van der Waals surface area contributed by atoms with E-state index in [0.29, 0.717) is 23.4 Å². The molecule has 0 unspecified atom stereocenters. The molecule has 4 rings (SSSR count). The molecule has 2 aromatic heterocycles. The van der Waals surface area contributed by atoms with Gasteiger partial charge in [-0.2, -0.15) is 14.6 Å². The van der Waals surface area contributed by atoms with E-state index in [9.17, 15) is 10.1 Å². The number of carbonyl (C=O) groups excluding carboxylic acids is 1. The standard InChI is InChI=1S/C27H25N5O2S2/c1-2-21-11-6-7-13-24(21)34-16-15-32-14-8-12-23(32)17-22(18-28)25(33)29-26-30-27(31-36-26)35-19-20-9-4-3-5-10-20/h3-14,17H,2,15-16,19H2,1H3,(H,29,30,31,33). The van der Waals surface area contributed by atoms with Crippen LogP contribution in [-0.2, 0) is 23.5 Å². The van der Waals surface area contributed by atoms with Gasteiger partial charge in [-0.25, -0.2) is 0 Å². The van der Waals surface area contributed by atoms with Gasteiger partial charge in [0.15, 0.2) is 0 Å². The summed E-state index contributed by atoms with van der Waals surface area (Å²) in [5, 5.41) is 13.2. The summed E-state index contributed by atoms with van der Waals surface area (Å²) in [4.78, 5) is 17.1. The van der Waals surface area contributed by atoms with Crippen LogP contribution < -0.4 is 10.1 Å². The van der Waals surface area contributed by atoms with Crippen molar-refractivity contribution >= 4 is 40.4 Å². The number of amides is 1. The number of rotatable bonds is 11. The van der Waals surface area contributed by atoms with E-state index in [1.165, 1.54) is 17.3 Å². The van der Waals surface area contributed by atoms with Crippen molar-refractivity contribution in [3.63, 3.8) is 0 Å². The first kappa shape index (κ1) is 25.2. The van der Waals surface area contributed by atoms with Gasteiger partial charge in [0, 0.05) is 29.2 Å². The molecule has 2 aromatic carbocycles. The summed E-state index contributed by atoms with van der Waals surface area (Å²) < 4.78 is 12.2. The first-order chi connectivity index (χ1) is 17.7. The van der Waals surface area contributed by atoms with E-state index < -0.39 is 5.91 Å². The predicted molar refractivity (Wildman–Crippen MR) is 144 cm³/mol. The Morgan fingerprint density at radius 1 is 1.17 bits per heavy atom. The first-order valence-corrected chi connectivity index (χ1v) is 13.2. The Kier molecular flexibility index (Phi) is 8.92. The number of hydrogen-bond donors (Lipinski definition) is 1. The van der Waals surface area contributed by atoms with Gasteiger partial charge in [0.1, 0.15) is 24.0 Å². The second kappa shape index (κ2) is 12.7. The minimum absolute atomic E-state index is 0.0131. The van der Waals surface area contributed by atoms with Gasteiger partial charge in [-0.05, 0) is 41.8 Å². The quantitative estimate of drug-likeness (QED) is 0.154. The topological polar surface area (TPSA) is 92.8 Å². The fourth-order valence-electron chi connectivity index (χ4n) is 3.46. The zero-order valence-electron chi connectivity index (χ0n) is 19.8. The Balaban J connectivity index is 1.35. The first-order valence-electron chi connectivity index (χ1n) is 11.5. The molecule has 0 saturated carbocycles. The van der Waals surface area contributed by atoms with Crippen molar-refractivity contribution in [1.82, 2.24) is 13.9 Å². The number of nitriles is 1. The Morgan fingerprint density at radius 2 is 1.97 bits per heavy atom. The van der Waals surface area contributed by atoms with E-state index in [1.54, 1.807) is 6.08 Å². The zero-order valence-corrected chi connectivity index (χ0v) is 21.4. The summed E-state index contributed by atoms with van der Waals surface area (Å²) in [6.45, 7) is 3.14. The highest BCUT2D eigenvalue weighted by atomic mass is 32.2. The van der Waals surface area contributed by atoms with Crippen molar-refractivity contribution in [2.24, 2.45) is 0 Å². The van der Waals surface area contributed by atoms with E-state index in [4.69, 9.17) is 4.74 Å². The molecule has 182 valence electrons. The van der Waals surface area contributed by atoms with Gasteiger partial charge in [-0.3, -0.25) is 10.1 Å². The Labute approximate surface area is 218 Å². The Bertz CT molecular complexity index is 1370. The van der Waals surface area contributed by atoms with Crippen LogP contribution in [0, 0.1) is 11.3 Å². The molecule has 0 spiro atoms. The lowest BCUT2D eigenvalue weighted by Gasteiger charge is -2.12. The van der Waals surface area contributed by atoms with Crippen LogP contribution in [0.25, 0.3) is 6.08 Å². The zero-order chi connectivity index (χ0) is 25.2. The largest absolute Gasteiger partial charge is 0.491 e. The highest BCUT2D eigenvalue weighted by molar-refractivity contribution is 7.98. The molecule has 1 N–H and O–H groups in total. The predicted octanol–water partition coefficient (Wildman–Crippen LogP) is 5.82. The van der Waals surface area contributed by atoms with Crippen molar-refractivity contribution < 1.29 is 9.53 Å². The Morgan fingerprint density at radius 3 is 2.78 bits per heavy atom. The molecule has 36 heavy (non-hydrogen) atoms. The average Bonchev–Trinajstić information content (AvgIpc) is 3.56. The number of aromatic nitrogens is 3. The molecule has 0 radical (unpaired) electrons. The van der Waals surface area contributed by atoms with Crippen molar-refractivity contribution in [2.45, 2.75) is 30.8 Å². The Hall–Kier alpha value is -3.87. The molecular weight excluding hydrogens is 490 g/mol. The molecule has 0 saturated heterocycles. The molecule has 0 bridgehead atoms. The minimum atomic E-state index is -0.519. The third kappa shape index (κ3) is 6.84. The van der Waals surface area contributed by atoms with Crippen LogP contribution in [0.2, 0.25) is 0 Å². The molecule has 0 aliphatic heterocycles. The van der Waals surface area contributed by atoms with Crippen molar-refractivity contribution in [3.05, 3.63) is 95.3 Å². The molecule has 9 heteroatoms. The summed E-state index contributed by atoms with van der Waals surface area (Å²) in [7, 11) is 0. The number of para-hydroxylation sites is 1. The molecule has 0 fully saturated rings. The molecule has 4 aromatic rings. The fourth-order valence-corrected chi connectivity index (χ4v) is 4.95. The maximum atomic E-state index is 12.7. The number of aryl methyl sites for hydroxylation is 1. The lowest BCUT2D eigenvalue weighted by molar-refractivity contribution is -0.112. The van der Waals surface area contributed by atoms with Crippen molar-refractivity contribution in [3.8, 4) is 11.8 Å². The maximum absolute atomic E-state index is 12.7. The molecular formula is C27H25N5O2S2. The highest BCUT2D eigenvalue weighted by Crippen LogP contribution is 2.24. The number of hydrogen-bond acceptors (Lipinski definition) is 7. The summed E-state index contributed by atoms with van der Waals surface area (Å²) in [5.41, 5.74) is 3.05. The maximum Gasteiger partial charge on any atom is 0.268 e. The third-order valence-corrected chi connectivity index (χ3v) is 6.97. The summed E-state index contributed by atoms with van der Waals surface area (Å²) >= 11 is 2.58. The van der Waals surface area contributed by atoms with Crippen molar-refractivity contribution in [2.75, 3.05) is 11.9 Å². The van der Waals surface area contributed by atoms with Crippen molar-refractivity contribution in [1.29, 1.82) is 5.26 Å². The van der Waals surface area contributed by atoms with Gasteiger partial charge >= 0.3 is 0 Å². The van der Waals surface area contributed by atoms with Gasteiger partial charge in [-0.15, -0.1) is 0 Å².